The molecular weight excluding hydrogens is 378 g/mol. The topological polar surface area (TPSA) is 78.5 Å². The van der Waals surface area contributed by atoms with Crippen molar-refractivity contribution in [1.29, 1.82) is 0 Å². The van der Waals surface area contributed by atoms with Crippen molar-refractivity contribution >= 4 is 29.3 Å². The van der Waals surface area contributed by atoms with Gasteiger partial charge in [0.1, 0.15) is 0 Å². The first-order valence-electron chi connectivity index (χ1n) is 9.07. The van der Waals surface area contributed by atoms with Gasteiger partial charge in [0, 0.05) is 24.5 Å². The summed E-state index contributed by atoms with van der Waals surface area (Å²) in [6.07, 6.45) is 0.269. The van der Waals surface area contributed by atoms with Crippen LogP contribution in [0.2, 0.25) is 5.02 Å². The quantitative estimate of drug-likeness (QED) is 0.758. The molecule has 1 aliphatic rings. The van der Waals surface area contributed by atoms with Crippen LogP contribution >= 0.6 is 11.6 Å². The van der Waals surface area contributed by atoms with E-state index in [0.717, 1.165) is 16.7 Å². The van der Waals surface area contributed by atoms with Crippen LogP contribution in [0.25, 0.3) is 0 Å². The zero-order valence-corrected chi connectivity index (χ0v) is 16.3. The summed E-state index contributed by atoms with van der Waals surface area (Å²) in [6.45, 7) is 2.82. The molecule has 1 aliphatic heterocycles. The van der Waals surface area contributed by atoms with Gasteiger partial charge in [-0.2, -0.15) is 0 Å². The third-order valence-corrected chi connectivity index (χ3v) is 4.93. The van der Waals surface area contributed by atoms with E-state index in [0.29, 0.717) is 18.1 Å². The molecule has 2 aromatic carbocycles. The molecule has 146 valence electrons. The second kappa shape index (κ2) is 8.89. The Morgan fingerprint density at radius 2 is 1.68 bits per heavy atom. The highest BCUT2D eigenvalue weighted by Crippen LogP contribution is 2.20. The number of halogens is 1. The van der Waals surface area contributed by atoms with Gasteiger partial charge in [0.05, 0.1) is 12.3 Å². The predicted molar refractivity (Wildman–Crippen MR) is 106 cm³/mol. The van der Waals surface area contributed by atoms with Gasteiger partial charge in [-0.3, -0.25) is 25.2 Å². The number of hydrogen-bond acceptors (Lipinski definition) is 3. The molecule has 1 saturated heterocycles. The number of hydrazine groups is 1. The first-order chi connectivity index (χ1) is 13.4. The normalized spacial score (nSPS) is 16.1. The van der Waals surface area contributed by atoms with E-state index in [1.54, 1.807) is 29.2 Å². The Kier molecular flexibility index (Phi) is 6.31. The lowest BCUT2D eigenvalue weighted by Gasteiger charge is -2.17. The van der Waals surface area contributed by atoms with Crippen molar-refractivity contribution in [2.45, 2.75) is 26.3 Å². The highest BCUT2D eigenvalue weighted by Gasteiger charge is 2.34. The van der Waals surface area contributed by atoms with Gasteiger partial charge in [-0.25, -0.2) is 0 Å². The molecule has 28 heavy (non-hydrogen) atoms. The molecule has 0 spiro atoms. The second-order valence-electron chi connectivity index (χ2n) is 7.00. The van der Waals surface area contributed by atoms with Crippen LogP contribution in [-0.2, 0) is 27.3 Å². The van der Waals surface area contributed by atoms with Crippen molar-refractivity contribution < 1.29 is 14.4 Å². The summed E-state index contributed by atoms with van der Waals surface area (Å²) < 4.78 is 0. The third-order valence-electron chi connectivity index (χ3n) is 4.68. The molecule has 3 rings (SSSR count). The average molecular weight is 400 g/mol. The van der Waals surface area contributed by atoms with Crippen molar-refractivity contribution in [1.82, 2.24) is 15.8 Å². The number of carbonyl (C=O) groups is 3. The summed E-state index contributed by atoms with van der Waals surface area (Å²) in [5, 5.41) is 0.596. The third kappa shape index (κ3) is 5.33. The summed E-state index contributed by atoms with van der Waals surface area (Å²) in [7, 11) is 0. The molecule has 0 saturated carbocycles. The fourth-order valence-electron chi connectivity index (χ4n) is 3.08. The van der Waals surface area contributed by atoms with Crippen molar-refractivity contribution in [2.75, 3.05) is 6.54 Å². The van der Waals surface area contributed by atoms with Crippen LogP contribution in [0.1, 0.15) is 23.1 Å². The van der Waals surface area contributed by atoms with Gasteiger partial charge in [-0.05, 0) is 30.2 Å². The lowest BCUT2D eigenvalue weighted by atomic mass is 10.1. The predicted octanol–water partition coefficient (Wildman–Crippen LogP) is 2.39. The van der Waals surface area contributed by atoms with Crippen molar-refractivity contribution in [3.63, 3.8) is 0 Å². The van der Waals surface area contributed by atoms with Gasteiger partial charge < -0.3 is 4.90 Å². The highest BCUT2D eigenvalue weighted by molar-refractivity contribution is 6.30. The average Bonchev–Trinajstić information content (AvgIpc) is 3.04. The zero-order valence-electron chi connectivity index (χ0n) is 15.6. The largest absolute Gasteiger partial charge is 0.338 e. The first-order valence-corrected chi connectivity index (χ1v) is 9.45. The van der Waals surface area contributed by atoms with E-state index in [9.17, 15) is 14.4 Å². The molecule has 3 amide bonds. The first kappa shape index (κ1) is 19.9. The fourth-order valence-corrected chi connectivity index (χ4v) is 3.21. The van der Waals surface area contributed by atoms with Gasteiger partial charge in [-0.1, -0.05) is 53.6 Å². The van der Waals surface area contributed by atoms with E-state index >= 15 is 0 Å². The van der Waals surface area contributed by atoms with Crippen LogP contribution in [0.4, 0.5) is 0 Å². The summed E-state index contributed by atoms with van der Waals surface area (Å²) in [4.78, 5) is 38.2. The molecule has 0 bridgehead atoms. The Balaban J connectivity index is 1.46. The van der Waals surface area contributed by atoms with E-state index in [-0.39, 0.29) is 30.6 Å². The van der Waals surface area contributed by atoms with Crippen molar-refractivity contribution in [2.24, 2.45) is 5.92 Å². The number of nitrogens with zero attached hydrogens (tertiary/aromatic N) is 1. The van der Waals surface area contributed by atoms with E-state index in [1.165, 1.54) is 0 Å². The summed E-state index contributed by atoms with van der Waals surface area (Å²) in [5.74, 6) is -1.23. The molecule has 0 radical (unpaired) electrons. The number of rotatable bonds is 5. The summed E-state index contributed by atoms with van der Waals surface area (Å²) in [6, 6.07) is 14.9. The molecular formula is C21H22ClN3O3. The molecule has 1 fully saturated rings. The van der Waals surface area contributed by atoms with Crippen LogP contribution in [0, 0.1) is 12.8 Å². The summed E-state index contributed by atoms with van der Waals surface area (Å²) >= 11 is 5.82. The lowest BCUT2D eigenvalue weighted by Crippen LogP contribution is -2.45. The molecule has 1 unspecified atom stereocenters. The minimum Gasteiger partial charge on any atom is -0.338 e. The number of carbonyl (C=O) groups excluding carboxylic acids is 3. The van der Waals surface area contributed by atoms with E-state index < -0.39 is 5.92 Å². The second-order valence-corrected chi connectivity index (χ2v) is 7.44. The maximum atomic E-state index is 12.3. The van der Waals surface area contributed by atoms with Crippen LogP contribution in [0.15, 0.2) is 48.5 Å². The number of hydrogen-bond donors (Lipinski definition) is 2. The maximum Gasteiger partial charge on any atom is 0.243 e. The molecule has 2 N–H and O–H groups in total. The van der Waals surface area contributed by atoms with E-state index in [1.807, 2.05) is 31.2 Å². The van der Waals surface area contributed by atoms with Crippen LogP contribution < -0.4 is 10.9 Å². The molecule has 7 heteroatoms. The Labute approximate surface area is 168 Å². The van der Waals surface area contributed by atoms with Gasteiger partial charge in [0.25, 0.3) is 0 Å². The van der Waals surface area contributed by atoms with Crippen LogP contribution in [-0.4, -0.2) is 29.2 Å². The number of likely N-dealkylation sites (tertiary alicyclic amines) is 1. The molecule has 0 aliphatic carbocycles. The Bertz CT molecular complexity index is 865. The van der Waals surface area contributed by atoms with E-state index in [2.05, 4.69) is 10.9 Å². The van der Waals surface area contributed by atoms with Crippen molar-refractivity contribution in [3.8, 4) is 0 Å². The Morgan fingerprint density at radius 3 is 2.36 bits per heavy atom. The van der Waals surface area contributed by atoms with Crippen LogP contribution in [0.5, 0.6) is 0 Å². The van der Waals surface area contributed by atoms with Gasteiger partial charge in [0.15, 0.2) is 0 Å². The Hall–Kier alpha value is -2.86. The zero-order chi connectivity index (χ0) is 20.1. The molecule has 1 atom stereocenters. The lowest BCUT2D eigenvalue weighted by molar-refractivity contribution is -0.131. The van der Waals surface area contributed by atoms with Gasteiger partial charge in [0.2, 0.25) is 17.7 Å². The monoisotopic (exact) mass is 399 g/mol. The number of amides is 3. The molecule has 2 aromatic rings. The SMILES string of the molecule is Cc1ccc(CN2CC(C(=O)NNC(=O)Cc3ccc(Cl)cc3)CC2=O)cc1. The number of benzene rings is 2. The standard InChI is InChI=1S/C21H22ClN3O3/c1-14-2-4-16(5-3-14)12-25-13-17(11-20(25)27)21(28)24-23-19(26)10-15-6-8-18(22)9-7-15/h2-9,17H,10-13H2,1H3,(H,23,26)(H,24,28). The minimum absolute atomic E-state index is 0.0618. The molecule has 1 heterocycles. The number of aryl methyl sites for hydroxylation is 1. The minimum atomic E-state index is -0.478. The van der Waals surface area contributed by atoms with Gasteiger partial charge >= 0.3 is 0 Å². The Morgan fingerprint density at radius 1 is 1.04 bits per heavy atom. The number of nitrogens with one attached hydrogen (secondary N) is 2. The highest BCUT2D eigenvalue weighted by atomic mass is 35.5. The van der Waals surface area contributed by atoms with Crippen molar-refractivity contribution in [3.05, 3.63) is 70.2 Å². The van der Waals surface area contributed by atoms with Crippen LogP contribution in [0.3, 0.4) is 0 Å². The van der Waals surface area contributed by atoms with E-state index in [4.69, 9.17) is 11.6 Å². The summed E-state index contributed by atoms with van der Waals surface area (Å²) in [5.41, 5.74) is 7.80. The van der Waals surface area contributed by atoms with Gasteiger partial charge in [-0.15, -0.1) is 0 Å². The fraction of sp³-hybridized carbons (Fsp3) is 0.286. The molecule has 0 aromatic heterocycles. The maximum absolute atomic E-state index is 12.3. The molecule has 6 nitrogen and oxygen atoms in total. The smallest absolute Gasteiger partial charge is 0.243 e.